The number of aliphatic hydroxyl groups excluding tert-OH is 1. The van der Waals surface area contributed by atoms with Crippen molar-refractivity contribution in [2.75, 3.05) is 38.7 Å². The maximum absolute atomic E-state index is 9.89. The average molecular weight is 302 g/mol. The van der Waals surface area contributed by atoms with Gasteiger partial charge in [-0.1, -0.05) is 0 Å². The Balaban J connectivity index is 2.23. The van der Waals surface area contributed by atoms with E-state index in [1.165, 1.54) is 0 Å². The van der Waals surface area contributed by atoms with Crippen molar-refractivity contribution in [1.29, 1.82) is 0 Å². The highest BCUT2D eigenvalue weighted by Crippen LogP contribution is 2.25. The van der Waals surface area contributed by atoms with Crippen LogP contribution in [0.4, 0.5) is 5.95 Å². The molecule has 1 aliphatic rings. The third-order valence-electron chi connectivity index (χ3n) is 3.07. The number of halogens is 1. The van der Waals surface area contributed by atoms with E-state index in [-0.39, 0.29) is 23.4 Å². The SMILES string of the molecule is CCOc1nc(Cl)nc(N2CC(O)CC2CN(C)C)n1. The standard InChI is InChI=1S/C12H20ClN5O2/c1-4-20-12-15-10(13)14-11(16-12)18-7-9(19)5-8(18)6-17(2)3/h8-9,19H,4-7H2,1-3H3. The summed E-state index contributed by atoms with van der Waals surface area (Å²) in [6.07, 6.45) is 0.303. The molecule has 1 fully saturated rings. The lowest BCUT2D eigenvalue weighted by Crippen LogP contribution is -2.38. The molecule has 0 radical (unpaired) electrons. The van der Waals surface area contributed by atoms with Crippen LogP contribution in [0.15, 0.2) is 0 Å². The second kappa shape index (κ2) is 6.51. The largest absolute Gasteiger partial charge is 0.464 e. The smallest absolute Gasteiger partial charge is 0.322 e. The van der Waals surface area contributed by atoms with E-state index in [9.17, 15) is 5.11 Å². The molecule has 0 aliphatic carbocycles. The van der Waals surface area contributed by atoms with Gasteiger partial charge in [-0.2, -0.15) is 15.0 Å². The average Bonchev–Trinajstić information content (AvgIpc) is 2.69. The molecule has 2 atom stereocenters. The monoisotopic (exact) mass is 301 g/mol. The zero-order valence-electron chi connectivity index (χ0n) is 12.0. The summed E-state index contributed by atoms with van der Waals surface area (Å²) in [5, 5.41) is 9.99. The van der Waals surface area contributed by atoms with Gasteiger partial charge in [-0.3, -0.25) is 0 Å². The van der Waals surface area contributed by atoms with Crippen LogP contribution >= 0.6 is 11.6 Å². The molecule has 1 aromatic rings. The first-order chi connectivity index (χ1) is 9.49. The van der Waals surface area contributed by atoms with Crippen molar-refractivity contribution in [3.05, 3.63) is 5.28 Å². The zero-order valence-corrected chi connectivity index (χ0v) is 12.7. The van der Waals surface area contributed by atoms with E-state index in [2.05, 4.69) is 19.9 Å². The maximum Gasteiger partial charge on any atom is 0.322 e. The fourth-order valence-electron chi connectivity index (χ4n) is 2.38. The number of rotatable bonds is 5. The predicted molar refractivity (Wildman–Crippen MR) is 76.3 cm³/mol. The fraction of sp³-hybridized carbons (Fsp3) is 0.750. The first-order valence-corrected chi connectivity index (χ1v) is 7.01. The summed E-state index contributed by atoms with van der Waals surface area (Å²) in [4.78, 5) is 16.4. The first-order valence-electron chi connectivity index (χ1n) is 6.63. The number of anilines is 1. The van der Waals surface area contributed by atoms with Gasteiger partial charge in [0.15, 0.2) is 0 Å². The molecule has 0 aromatic carbocycles. The van der Waals surface area contributed by atoms with Crippen LogP contribution in [-0.2, 0) is 0 Å². The van der Waals surface area contributed by atoms with Crippen molar-refractivity contribution < 1.29 is 9.84 Å². The lowest BCUT2D eigenvalue weighted by atomic mass is 10.2. The van der Waals surface area contributed by atoms with Gasteiger partial charge < -0.3 is 19.6 Å². The molecule has 1 aliphatic heterocycles. The Morgan fingerprint density at radius 2 is 2.15 bits per heavy atom. The Labute approximate surface area is 123 Å². The number of β-amino-alcohol motifs (C(OH)–C–C–N with tert-alkyl or cyclic N) is 1. The number of hydrogen-bond acceptors (Lipinski definition) is 7. The maximum atomic E-state index is 9.89. The van der Waals surface area contributed by atoms with Gasteiger partial charge in [0.05, 0.1) is 12.7 Å². The van der Waals surface area contributed by atoms with Crippen molar-refractivity contribution in [1.82, 2.24) is 19.9 Å². The molecule has 1 saturated heterocycles. The van der Waals surface area contributed by atoms with Crippen LogP contribution in [0, 0.1) is 0 Å². The Bertz CT molecular complexity index is 459. The van der Waals surface area contributed by atoms with Crippen LogP contribution < -0.4 is 9.64 Å². The van der Waals surface area contributed by atoms with Gasteiger partial charge in [-0.05, 0) is 39.0 Å². The first kappa shape index (κ1) is 15.2. The van der Waals surface area contributed by atoms with Crippen molar-refractivity contribution in [2.45, 2.75) is 25.5 Å². The van der Waals surface area contributed by atoms with Crippen LogP contribution in [0.25, 0.3) is 0 Å². The number of nitrogens with zero attached hydrogens (tertiary/aromatic N) is 5. The second-order valence-corrected chi connectivity index (χ2v) is 5.42. The highest BCUT2D eigenvalue weighted by molar-refractivity contribution is 6.28. The normalized spacial score (nSPS) is 22.6. The zero-order chi connectivity index (χ0) is 14.7. The van der Waals surface area contributed by atoms with Crippen molar-refractivity contribution in [2.24, 2.45) is 0 Å². The van der Waals surface area contributed by atoms with Crippen molar-refractivity contribution >= 4 is 17.5 Å². The molecule has 2 heterocycles. The quantitative estimate of drug-likeness (QED) is 0.845. The van der Waals surface area contributed by atoms with Gasteiger partial charge in [0.1, 0.15) is 0 Å². The molecule has 2 unspecified atom stereocenters. The number of likely N-dealkylation sites (N-methyl/N-ethyl adjacent to an activating group) is 1. The van der Waals surface area contributed by atoms with Crippen LogP contribution in [-0.4, -0.2) is 70.9 Å². The van der Waals surface area contributed by atoms with E-state index in [0.717, 1.165) is 6.54 Å². The Morgan fingerprint density at radius 3 is 2.80 bits per heavy atom. The molecule has 2 rings (SSSR count). The van der Waals surface area contributed by atoms with Crippen LogP contribution in [0.1, 0.15) is 13.3 Å². The molecule has 0 saturated carbocycles. The van der Waals surface area contributed by atoms with E-state index < -0.39 is 0 Å². The Kier molecular flexibility index (Phi) is 4.95. The van der Waals surface area contributed by atoms with Gasteiger partial charge in [-0.15, -0.1) is 0 Å². The summed E-state index contributed by atoms with van der Waals surface area (Å²) in [6, 6.07) is 0.362. The molecule has 0 bridgehead atoms. The van der Waals surface area contributed by atoms with Crippen LogP contribution in [0.2, 0.25) is 5.28 Å². The molecule has 0 spiro atoms. The molecular formula is C12H20ClN5O2. The molecular weight excluding hydrogens is 282 g/mol. The van der Waals surface area contributed by atoms with Crippen molar-refractivity contribution in [3.63, 3.8) is 0 Å². The van der Waals surface area contributed by atoms with Crippen molar-refractivity contribution in [3.8, 4) is 6.01 Å². The van der Waals surface area contributed by atoms with Gasteiger partial charge in [0.25, 0.3) is 0 Å². The lowest BCUT2D eigenvalue weighted by Gasteiger charge is -2.26. The minimum absolute atomic E-state index is 0.100. The molecule has 112 valence electrons. The van der Waals surface area contributed by atoms with E-state index in [1.807, 2.05) is 25.9 Å². The third-order valence-corrected chi connectivity index (χ3v) is 3.24. The van der Waals surface area contributed by atoms with E-state index >= 15 is 0 Å². The third kappa shape index (κ3) is 3.68. The number of ether oxygens (including phenoxy) is 1. The van der Waals surface area contributed by atoms with E-state index in [0.29, 0.717) is 25.5 Å². The summed E-state index contributed by atoms with van der Waals surface area (Å²) in [6.45, 7) is 3.62. The van der Waals surface area contributed by atoms with Crippen LogP contribution in [0.5, 0.6) is 6.01 Å². The molecule has 20 heavy (non-hydrogen) atoms. The summed E-state index contributed by atoms with van der Waals surface area (Å²) in [5.74, 6) is 0.455. The summed E-state index contributed by atoms with van der Waals surface area (Å²) >= 11 is 5.91. The lowest BCUT2D eigenvalue weighted by molar-refractivity contribution is 0.191. The number of hydrogen-bond donors (Lipinski definition) is 1. The fourth-order valence-corrected chi connectivity index (χ4v) is 2.52. The van der Waals surface area contributed by atoms with Crippen LogP contribution in [0.3, 0.4) is 0 Å². The summed E-state index contributed by atoms with van der Waals surface area (Å²) < 4.78 is 5.28. The highest BCUT2D eigenvalue weighted by atomic mass is 35.5. The number of aliphatic hydroxyl groups is 1. The van der Waals surface area contributed by atoms with E-state index in [4.69, 9.17) is 16.3 Å². The molecule has 7 nitrogen and oxygen atoms in total. The Hall–Kier alpha value is -1.18. The molecule has 1 aromatic heterocycles. The summed E-state index contributed by atoms with van der Waals surface area (Å²) in [5.41, 5.74) is 0. The van der Waals surface area contributed by atoms with Gasteiger partial charge >= 0.3 is 6.01 Å². The summed E-state index contributed by atoms with van der Waals surface area (Å²) in [7, 11) is 3.99. The van der Waals surface area contributed by atoms with Gasteiger partial charge in [0.2, 0.25) is 11.2 Å². The minimum Gasteiger partial charge on any atom is -0.464 e. The molecule has 1 N–H and O–H groups in total. The minimum atomic E-state index is -0.383. The predicted octanol–water partition coefficient (Wildman–Crippen LogP) is 0.425. The second-order valence-electron chi connectivity index (χ2n) is 5.08. The molecule has 8 heteroatoms. The van der Waals surface area contributed by atoms with Gasteiger partial charge in [0, 0.05) is 19.1 Å². The highest BCUT2D eigenvalue weighted by Gasteiger charge is 2.33. The van der Waals surface area contributed by atoms with Gasteiger partial charge in [-0.25, -0.2) is 0 Å². The van der Waals surface area contributed by atoms with E-state index in [1.54, 1.807) is 0 Å². The number of aromatic nitrogens is 3. The molecule has 0 amide bonds. The Morgan fingerprint density at radius 1 is 1.40 bits per heavy atom. The topological polar surface area (TPSA) is 74.6 Å².